The molecule has 8 rings (SSSR count). The third kappa shape index (κ3) is 11.3. The number of hydrogen-bond donors (Lipinski definition) is 4. The number of ether oxygens (including phenoxy) is 3. The average Bonchev–Trinajstić information content (AvgIpc) is 4.05. The van der Waals surface area contributed by atoms with E-state index < -0.39 is 54.2 Å². The van der Waals surface area contributed by atoms with Crippen molar-refractivity contribution >= 4 is 46.9 Å². The molecular formula is C45H45F3N10O10. The fraction of sp³-hybridized carbons (Fsp3) is 0.356. The third-order valence-electron chi connectivity index (χ3n) is 11.2. The largest absolute Gasteiger partial charge is 0.444 e. The van der Waals surface area contributed by atoms with Gasteiger partial charge < -0.3 is 35.0 Å². The summed E-state index contributed by atoms with van der Waals surface area (Å²) in [6.45, 7) is 2.86. The van der Waals surface area contributed by atoms with E-state index in [0.29, 0.717) is 75.8 Å². The lowest BCUT2D eigenvalue weighted by Crippen LogP contribution is -2.54. The number of halogens is 3. The number of amides is 6. The minimum absolute atomic E-state index is 0.00197. The number of pyridine rings is 1. The van der Waals surface area contributed by atoms with E-state index >= 15 is 0 Å². The molecule has 2 fully saturated rings. The number of morpholine rings is 1. The molecule has 356 valence electrons. The Bertz CT molecular complexity index is 2710. The van der Waals surface area contributed by atoms with Crippen molar-refractivity contribution in [1.82, 2.24) is 34.9 Å². The molecule has 3 aliphatic rings. The number of rotatable bonds is 19. The van der Waals surface area contributed by atoms with Crippen LogP contribution in [0.5, 0.6) is 0 Å². The molecule has 0 spiro atoms. The molecule has 5 aromatic rings. The zero-order valence-corrected chi connectivity index (χ0v) is 36.3. The standard InChI is InChI=1S/C45H45F3N10O10/c46-45(47,48)25-51-35-19-28(12-13-50-35)42-53-33(24-68-42)40(61)52-32-21-57(55-38(32)39(49)60)29-8-6-26(7-9-29)22-66-23-30-20-56(15-18-67-30)14-17-65-16-2-4-27-3-1-5-31-37(27)44(64)58(43(31)63)34-10-11-36(59)54-41(34)62/h1,3,5-9,12-13,19,21,24,30,34H,2,4,10-11,14-18,20,22-23,25H2,(H2,49,60)(H,50,51)(H,52,61)(H,54,59,62). The van der Waals surface area contributed by atoms with Gasteiger partial charge in [-0.05, 0) is 60.7 Å². The number of benzene rings is 2. The Morgan fingerprint density at radius 2 is 1.84 bits per heavy atom. The molecule has 0 aliphatic carbocycles. The molecule has 3 aliphatic heterocycles. The number of imide groups is 2. The minimum atomic E-state index is -4.45. The van der Waals surface area contributed by atoms with Gasteiger partial charge in [0, 0.05) is 44.4 Å². The summed E-state index contributed by atoms with van der Waals surface area (Å²) < 4.78 is 62.5. The monoisotopic (exact) mass is 942 g/mol. The molecule has 0 saturated carbocycles. The quantitative estimate of drug-likeness (QED) is 0.0683. The highest BCUT2D eigenvalue weighted by molar-refractivity contribution is 6.24. The van der Waals surface area contributed by atoms with Crippen LogP contribution in [0.3, 0.4) is 0 Å². The predicted molar refractivity (Wildman–Crippen MR) is 232 cm³/mol. The highest BCUT2D eigenvalue weighted by atomic mass is 19.4. The van der Waals surface area contributed by atoms with Crippen LogP contribution < -0.4 is 21.7 Å². The zero-order valence-electron chi connectivity index (χ0n) is 36.3. The van der Waals surface area contributed by atoms with Gasteiger partial charge in [0.1, 0.15) is 24.7 Å². The molecule has 2 saturated heterocycles. The van der Waals surface area contributed by atoms with Crippen molar-refractivity contribution in [3.63, 3.8) is 0 Å². The SMILES string of the molecule is NC(=O)c1nn(-c2ccc(COCC3CN(CCOCCCc4cccc5c4C(=O)N(C4CCC(=O)NC4=O)C5=O)CCO3)cc2)cc1NC(=O)c1coc(-c2ccnc(NCC(F)(F)F)c2)n1. The number of carbonyl (C=O) groups excluding carboxylic acids is 6. The Balaban J connectivity index is 0.757. The van der Waals surface area contributed by atoms with E-state index in [9.17, 15) is 41.9 Å². The molecule has 3 aromatic heterocycles. The van der Waals surface area contributed by atoms with E-state index in [1.165, 1.54) is 29.2 Å². The Morgan fingerprint density at radius 3 is 2.62 bits per heavy atom. The first-order valence-corrected chi connectivity index (χ1v) is 21.6. The van der Waals surface area contributed by atoms with Gasteiger partial charge in [0.2, 0.25) is 17.7 Å². The van der Waals surface area contributed by atoms with Gasteiger partial charge in [0.25, 0.3) is 23.6 Å². The molecule has 23 heteroatoms. The molecule has 6 heterocycles. The van der Waals surface area contributed by atoms with E-state index in [1.54, 1.807) is 30.3 Å². The molecule has 20 nitrogen and oxygen atoms in total. The van der Waals surface area contributed by atoms with Crippen LogP contribution in [0.1, 0.15) is 72.1 Å². The Hall–Kier alpha value is -7.34. The van der Waals surface area contributed by atoms with Crippen molar-refractivity contribution in [3.8, 4) is 17.1 Å². The lowest BCUT2D eigenvalue weighted by Gasteiger charge is -2.32. The van der Waals surface area contributed by atoms with E-state index in [1.807, 2.05) is 12.1 Å². The highest BCUT2D eigenvalue weighted by Crippen LogP contribution is 2.31. The van der Waals surface area contributed by atoms with Gasteiger partial charge in [0.15, 0.2) is 11.4 Å². The number of primary amides is 1. The van der Waals surface area contributed by atoms with Gasteiger partial charge in [-0.1, -0.05) is 24.3 Å². The number of anilines is 2. The van der Waals surface area contributed by atoms with Gasteiger partial charge >= 0.3 is 6.18 Å². The van der Waals surface area contributed by atoms with Crippen LogP contribution in [-0.2, 0) is 36.8 Å². The van der Waals surface area contributed by atoms with Gasteiger partial charge in [0.05, 0.1) is 61.2 Å². The molecule has 5 N–H and O–H groups in total. The molecule has 6 amide bonds. The number of hydrogen-bond acceptors (Lipinski definition) is 15. The Labute approximate surface area is 385 Å². The summed E-state index contributed by atoms with van der Waals surface area (Å²) in [5.74, 6) is -3.92. The van der Waals surface area contributed by atoms with Crippen LogP contribution in [0.2, 0.25) is 0 Å². The Morgan fingerprint density at radius 1 is 1.01 bits per heavy atom. The van der Waals surface area contributed by atoms with E-state index in [2.05, 4.69) is 35.9 Å². The van der Waals surface area contributed by atoms with Crippen LogP contribution >= 0.6 is 0 Å². The summed E-state index contributed by atoms with van der Waals surface area (Å²) in [5, 5.41) is 11.2. The number of fused-ring (bicyclic) bond motifs is 1. The first-order valence-electron chi connectivity index (χ1n) is 21.6. The fourth-order valence-electron chi connectivity index (χ4n) is 7.92. The van der Waals surface area contributed by atoms with Crippen molar-refractivity contribution in [1.29, 1.82) is 0 Å². The van der Waals surface area contributed by atoms with Crippen molar-refractivity contribution in [2.24, 2.45) is 5.73 Å². The van der Waals surface area contributed by atoms with Crippen molar-refractivity contribution in [2.45, 2.75) is 50.6 Å². The van der Waals surface area contributed by atoms with Gasteiger partial charge in [-0.3, -0.25) is 43.9 Å². The number of aryl methyl sites for hydroxylation is 1. The molecule has 2 aromatic carbocycles. The number of nitrogens with two attached hydrogens (primary N) is 1. The second-order valence-corrected chi connectivity index (χ2v) is 16.1. The third-order valence-corrected chi connectivity index (χ3v) is 11.2. The Kier molecular flexibility index (Phi) is 14.3. The van der Waals surface area contributed by atoms with Gasteiger partial charge in [-0.2, -0.15) is 18.3 Å². The van der Waals surface area contributed by atoms with Crippen molar-refractivity contribution < 1.29 is 60.6 Å². The van der Waals surface area contributed by atoms with Crippen LogP contribution in [0, 0.1) is 0 Å². The number of nitrogens with one attached hydrogen (secondary N) is 3. The van der Waals surface area contributed by atoms with Gasteiger partial charge in [-0.25, -0.2) is 14.6 Å². The average molecular weight is 943 g/mol. The zero-order chi connectivity index (χ0) is 48.0. The first kappa shape index (κ1) is 47.2. The summed E-state index contributed by atoms with van der Waals surface area (Å²) in [7, 11) is 0. The number of nitrogens with zero attached hydrogens (tertiary/aromatic N) is 6. The lowest BCUT2D eigenvalue weighted by molar-refractivity contribution is -0.136. The molecule has 2 atom stereocenters. The maximum Gasteiger partial charge on any atom is 0.405 e. The molecular weight excluding hydrogens is 898 g/mol. The fourth-order valence-corrected chi connectivity index (χ4v) is 7.92. The minimum Gasteiger partial charge on any atom is -0.444 e. The van der Waals surface area contributed by atoms with Crippen molar-refractivity contribution in [2.75, 3.05) is 63.2 Å². The molecule has 68 heavy (non-hydrogen) atoms. The number of piperidine rings is 1. The van der Waals surface area contributed by atoms with E-state index in [4.69, 9.17) is 24.4 Å². The number of carbonyl (C=O) groups is 6. The van der Waals surface area contributed by atoms with Gasteiger partial charge in [-0.15, -0.1) is 0 Å². The van der Waals surface area contributed by atoms with Crippen LogP contribution in [0.15, 0.2) is 77.7 Å². The predicted octanol–water partition coefficient (Wildman–Crippen LogP) is 3.52. The van der Waals surface area contributed by atoms with Crippen LogP contribution in [0.4, 0.5) is 24.7 Å². The number of aromatic nitrogens is 4. The smallest absolute Gasteiger partial charge is 0.405 e. The second kappa shape index (κ2) is 20.7. The lowest BCUT2D eigenvalue weighted by atomic mass is 9.99. The van der Waals surface area contributed by atoms with E-state index in [0.717, 1.165) is 23.3 Å². The highest BCUT2D eigenvalue weighted by Gasteiger charge is 2.45. The molecule has 0 bridgehead atoms. The molecule has 0 radical (unpaired) electrons. The maximum absolute atomic E-state index is 13.4. The first-order chi connectivity index (χ1) is 32.7. The van der Waals surface area contributed by atoms with E-state index in [-0.39, 0.29) is 58.9 Å². The second-order valence-electron chi connectivity index (χ2n) is 16.1. The normalized spacial score (nSPS) is 17.6. The van der Waals surface area contributed by atoms with Crippen LogP contribution in [0.25, 0.3) is 17.1 Å². The van der Waals surface area contributed by atoms with Crippen molar-refractivity contribution in [3.05, 3.63) is 107 Å². The summed E-state index contributed by atoms with van der Waals surface area (Å²) >= 11 is 0. The summed E-state index contributed by atoms with van der Waals surface area (Å²) in [4.78, 5) is 87.2. The number of oxazole rings is 1. The maximum atomic E-state index is 13.4. The number of alkyl halides is 3. The summed E-state index contributed by atoms with van der Waals surface area (Å²) in [6, 6.07) is 14.0. The topological polar surface area (TPSA) is 255 Å². The summed E-state index contributed by atoms with van der Waals surface area (Å²) in [5.41, 5.74) is 8.10. The molecule has 2 unspecified atom stereocenters. The van der Waals surface area contributed by atoms with Crippen LogP contribution in [-0.4, -0.2) is 136 Å². The summed E-state index contributed by atoms with van der Waals surface area (Å²) in [6.07, 6.45) is 0.371.